The van der Waals surface area contributed by atoms with Crippen molar-refractivity contribution in [3.8, 4) is 0 Å². The molecule has 1 N–H and O–H groups in total. The molecule has 3 heterocycles. The Bertz CT molecular complexity index is 1490. The van der Waals surface area contributed by atoms with Gasteiger partial charge in [0.05, 0.1) is 10.6 Å². The molecule has 39 heavy (non-hydrogen) atoms. The number of nitro groups is 1. The Kier molecular flexibility index (Phi) is 6.95. The van der Waals surface area contributed by atoms with Crippen LogP contribution in [0.15, 0.2) is 64.1 Å². The Morgan fingerprint density at radius 1 is 0.974 bits per heavy atom. The van der Waals surface area contributed by atoms with Gasteiger partial charge in [-0.3, -0.25) is 24.6 Å². The molecule has 0 spiro atoms. The van der Waals surface area contributed by atoms with Crippen molar-refractivity contribution in [1.82, 2.24) is 19.0 Å². The number of rotatable bonds is 6. The molecule has 3 aromatic rings. The van der Waals surface area contributed by atoms with Gasteiger partial charge in [-0.05, 0) is 36.6 Å². The number of nitrogens with zero attached hydrogens (tertiary/aromatic N) is 5. The number of hydrogen-bond donors (Lipinski definition) is 1. The largest absolute Gasteiger partial charge is 0.369 e. The van der Waals surface area contributed by atoms with Crippen molar-refractivity contribution in [1.29, 1.82) is 0 Å². The van der Waals surface area contributed by atoms with Gasteiger partial charge in [0.2, 0.25) is 0 Å². The first-order valence-electron chi connectivity index (χ1n) is 13.9. The van der Waals surface area contributed by atoms with Gasteiger partial charge in [0.25, 0.3) is 5.70 Å². The molecule has 2 aliphatic carbocycles. The zero-order chi connectivity index (χ0) is 26.9. The number of anilines is 1. The number of allylic oxidation sites excluding steroid dienone is 1. The van der Waals surface area contributed by atoms with E-state index >= 15 is 0 Å². The number of benzene rings is 1. The Morgan fingerprint density at radius 2 is 1.72 bits per heavy atom. The first-order valence-corrected chi connectivity index (χ1v) is 13.9. The highest BCUT2D eigenvalue weighted by molar-refractivity contribution is 5.54. The van der Waals surface area contributed by atoms with Gasteiger partial charge in [-0.15, -0.1) is 0 Å². The number of aromatic nitrogens is 3. The summed E-state index contributed by atoms with van der Waals surface area (Å²) in [4.78, 5) is 44.6. The van der Waals surface area contributed by atoms with Crippen molar-refractivity contribution in [3.63, 3.8) is 0 Å². The van der Waals surface area contributed by atoms with E-state index < -0.39 is 17.2 Å². The van der Waals surface area contributed by atoms with Gasteiger partial charge in [0, 0.05) is 75.0 Å². The normalized spacial score (nSPS) is 20.5. The van der Waals surface area contributed by atoms with Crippen molar-refractivity contribution in [2.24, 2.45) is 0 Å². The molecule has 0 amide bonds. The fourth-order valence-corrected chi connectivity index (χ4v) is 6.44. The van der Waals surface area contributed by atoms with Crippen LogP contribution in [0.25, 0.3) is 6.08 Å². The SMILES string of the molecule is O=c1[nH]c2c(n(C3CCCCC3)c1=O)CC(n1ccc(CN3CCN(c4ccccc4)CC3)c1)C([N+](=O)[O-])=C2. The Balaban J connectivity index is 1.22. The molecule has 1 saturated heterocycles. The third-order valence-corrected chi connectivity index (χ3v) is 8.47. The third-order valence-electron chi connectivity index (χ3n) is 8.47. The topological polar surface area (TPSA) is 109 Å². The molecule has 2 fully saturated rings. The molecule has 1 unspecified atom stereocenters. The second kappa shape index (κ2) is 10.7. The molecule has 1 saturated carbocycles. The summed E-state index contributed by atoms with van der Waals surface area (Å²) < 4.78 is 3.54. The fourth-order valence-electron chi connectivity index (χ4n) is 6.44. The van der Waals surface area contributed by atoms with Gasteiger partial charge >= 0.3 is 11.1 Å². The molecule has 6 rings (SSSR count). The summed E-state index contributed by atoms with van der Waals surface area (Å²) in [5, 5.41) is 12.1. The molecular formula is C29H34N6O4. The smallest absolute Gasteiger partial charge is 0.316 e. The minimum atomic E-state index is -0.715. The molecule has 2 aromatic heterocycles. The summed E-state index contributed by atoms with van der Waals surface area (Å²) in [6.45, 7) is 4.57. The zero-order valence-electron chi connectivity index (χ0n) is 22.0. The predicted molar refractivity (Wildman–Crippen MR) is 150 cm³/mol. The second-order valence-electron chi connectivity index (χ2n) is 10.9. The number of piperazine rings is 1. The number of nitrogens with one attached hydrogen (secondary N) is 1. The fraction of sp³-hybridized carbons (Fsp3) is 0.448. The van der Waals surface area contributed by atoms with Crippen LogP contribution < -0.4 is 16.0 Å². The van der Waals surface area contributed by atoms with Crippen LogP contribution in [0.2, 0.25) is 0 Å². The average molecular weight is 531 g/mol. The number of para-hydroxylation sites is 1. The maximum absolute atomic E-state index is 13.0. The molecular weight excluding hydrogens is 496 g/mol. The van der Waals surface area contributed by atoms with Crippen LogP contribution >= 0.6 is 0 Å². The minimum Gasteiger partial charge on any atom is -0.369 e. The lowest BCUT2D eigenvalue weighted by Crippen LogP contribution is -2.45. The third kappa shape index (κ3) is 5.08. The van der Waals surface area contributed by atoms with E-state index in [0.717, 1.165) is 70.4 Å². The zero-order valence-corrected chi connectivity index (χ0v) is 22.0. The summed E-state index contributed by atoms with van der Waals surface area (Å²) in [6.07, 6.45) is 10.5. The van der Waals surface area contributed by atoms with Crippen molar-refractivity contribution < 1.29 is 4.92 Å². The molecule has 0 bridgehead atoms. The predicted octanol–water partition coefficient (Wildman–Crippen LogP) is 3.58. The van der Waals surface area contributed by atoms with Crippen LogP contribution in [0.5, 0.6) is 0 Å². The monoisotopic (exact) mass is 530 g/mol. The highest BCUT2D eigenvalue weighted by Gasteiger charge is 2.35. The molecule has 1 aromatic carbocycles. The van der Waals surface area contributed by atoms with Gasteiger partial charge in [0.15, 0.2) is 0 Å². The van der Waals surface area contributed by atoms with E-state index in [9.17, 15) is 19.7 Å². The Hall–Kier alpha value is -3.92. The molecule has 204 valence electrons. The second-order valence-corrected chi connectivity index (χ2v) is 10.9. The molecule has 0 radical (unpaired) electrons. The quantitative estimate of drug-likeness (QED) is 0.296. The number of aromatic amines is 1. The summed E-state index contributed by atoms with van der Waals surface area (Å²) in [5.74, 6) is 0. The average Bonchev–Trinajstić information content (AvgIpc) is 3.43. The Morgan fingerprint density at radius 3 is 2.44 bits per heavy atom. The van der Waals surface area contributed by atoms with Crippen molar-refractivity contribution in [3.05, 3.63) is 102 Å². The van der Waals surface area contributed by atoms with E-state index in [2.05, 4.69) is 39.0 Å². The highest BCUT2D eigenvalue weighted by atomic mass is 16.6. The minimum absolute atomic E-state index is 0.0191. The lowest BCUT2D eigenvalue weighted by atomic mass is 9.93. The van der Waals surface area contributed by atoms with E-state index in [4.69, 9.17) is 0 Å². The van der Waals surface area contributed by atoms with Gasteiger partial charge in [-0.25, -0.2) is 0 Å². The molecule has 3 aliphatic rings. The first kappa shape index (κ1) is 25.4. The maximum atomic E-state index is 13.0. The van der Waals surface area contributed by atoms with Crippen LogP contribution in [0.3, 0.4) is 0 Å². The van der Waals surface area contributed by atoms with Crippen LogP contribution in [0.4, 0.5) is 5.69 Å². The standard InChI is InChI=1S/C29H34N6O4/c36-28-29(37)34(23-9-5-2-6-10-23)25-18-26(27(35(38)39)17-24(25)30-28)33-12-11-21(20-33)19-31-13-15-32(16-14-31)22-7-3-1-4-8-22/h1,3-4,7-8,11-12,17,20,23,26H,2,5-6,9-10,13-16,18-19H2,(H,30,36). The van der Waals surface area contributed by atoms with Gasteiger partial charge in [-0.2, -0.15) is 0 Å². The van der Waals surface area contributed by atoms with E-state index in [1.807, 2.05) is 29.1 Å². The lowest BCUT2D eigenvalue weighted by molar-refractivity contribution is -0.431. The summed E-state index contributed by atoms with van der Waals surface area (Å²) in [6, 6.07) is 11.9. The number of hydrogen-bond acceptors (Lipinski definition) is 6. The van der Waals surface area contributed by atoms with Crippen LogP contribution in [-0.4, -0.2) is 50.1 Å². The summed E-state index contributed by atoms with van der Waals surface area (Å²) >= 11 is 0. The summed E-state index contributed by atoms with van der Waals surface area (Å²) in [5.41, 5.74) is 2.17. The van der Waals surface area contributed by atoms with Gasteiger partial charge in [-0.1, -0.05) is 37.5 Å². The van der Waals surface area contributed by atoms with Gasteiger partial charge < -0.3 is 19.0 Å². The van der Waals surface area contributed by atoms with Crippen LogP contribution in [0.1, 0.15) is 61.1 Å². The molecule has 1 atom stereocenters. The maximum Gasteiger partial charge on any atom is 0.316 e. The van der Waals surface area contributed by atoms with E-state index in [0.29, 0.717) is 11.4 Å². The van der Waals surface area contributed by atoms with Crippen LogP contribution in [-0.2, 0) is 13.0 Å². The van der Waals surface area contributed by atoms with Crippen LogP contribution in [0, 0.1) is 10.1 Å². The summed E-state index contributed by atoms with van der Waals surface area (Å²) in [7, 11) is 0. The molecule has 10 heteroatoms. The lowest BCUT2D eigenvalue weighted by Gasteiger charge is -2.36. The number of fused-ring (bicyclic) bond motifs is 1. The number of H-pyrrole nitrogens is 1. The first-order chi connectivity index (χ1) is 19.0. The van der Waals surface area contributed by atoms with Crippen molar-refractivity contribution in [2.45, 2.75) is 57.2 Å². The molecule has 1 aliphatic heterocycles. The van der Waals surface area contributed by atoms with E-state index in [1.54, 1.807) is 4.57 Å². The van der Waals surface area contributed by atoms with E-state index in [-0.39, 0.29) is 23.1 Å². The van der Waals surface area contributed by atoms with Crippen molar-refractivity contribution in [2.75, 3.05) is 31.1 Å². The van der Waals surface area contributed by atoms with Crippen molar-refractivity contribution >= 4 is 11.8 Å². The van der Waals surface area contributed by atoms with Gasteiger partial charge in [0.1, 0.15) is 6.04 Å². The highest BCUT2D eigenvalue weighted by Crippen LogP contribution is 2.35. The molecule has 10 nitrogen and oxygen atoms in total. The van der Waals surface area contributed by atoms with E-state index in [1.165, 1.54) is 11.8 Å². The Labute approximate surface area is 226 Å².